The van der Waals surface area contributed by atoms with E-state index >= 15 is 0 Å². The van der Waals surface area contributed by atoms with E-state index in [0.29, 0.717) is 5.75 Å². The molecule has 2 aromatic carbocycles. The van der Waals surface area contributed by atoms with Gasteiger partial charge in [-0.25, -0.2) is 4.98 Å². The SMILES string of the molecule is C#CCOc1ccc(C2C(C(C)=O)=C(C)Nc3nc4ccccc4n32)cc1. The Labute approximate surface area is 157 Å². The van der Waals surface area contributed by atoms with E-state index in [1.807, 2.05) is 55.5 Å². The van der Waals surface area contributed by atoms with Crippen LogP contribution < -0.4 is 10.1 Å². The third-order valence-electron chi connectivity index (χ3n) is 4.73. The minimum Gasteiger partial charge on any atom is -0.481 e. The number of aromatic nitrogens is 2. The van der Waals surface area contributed by atoms with E-state index in [-0.39, 0.29) is 18.4 Å². The molecule has 0 radical (unpaired) electrons. The van der Waals surface area contributed by atoms with Crippen molar-refractivity contribution in [3.05, 3.63) is 65.4 Å². The second-order valence-electron chi connectivity index (χ2n) is 6.48. The van der Waals surface area contributed by atoms with Gasteiger partial charge in [0, 0.05) is 11.3 Å². The molecule has 0 saturated carbocycles. The Hall–Kier alpha value is -3.52. The monoisotopic (exact) mass is 357 g/mol. The number of hydrogen-bond donors (Lipinski definition) is 1. The van der Waals surface area contributed by atoms with Gasteiger partial charge in [-0.1, -0.05) is 30.2 Å². The molecule has 3 aromatic rings. The molecule has 0 spiro atoms. The number of benzene rings is 2. The van der Waals surface area contributed by atoms with Crippen LogP contribution in [0.15, 0.2) is 59.8 Å². The molecule has 27 heavy (non-hydrogen) atoms. The van der Waals surface area contributed by atoms with Crippen molar-refractivity contribution in [3.8, 4) is 18.1 Å². The normalized spacial score (nSPS) is 15.8. The highest BCUT2D eigenvalue weighted by Gasteiger charge is 2.32. The Morgan fingerprint density at radius 1 is 1.26 bits per heavy atom. The number of allylic oxidation sites excluding steroid dienone is 2. The third-order valence-corrected chi connectivity index (χ3v) is 4.73. The van der Waals surface area contributed by atoms with Crippen LogP contribution in [0.2, 0.25) is 0 Å². The zero-order valence-electron chi connectivity index (χ0n) is 15.2. The van der Waals surface area contributed by atoms with E-state index in [1.165, 1.54) is 0 Å². The number of nitrogens with zero attached hydrogens (tertiary/aromatic N) is 2. The maximum atomic E-state index is 12.5. The first-order valence-electron chi connectivity index (χ1n) is 8.72. The topological polar surface area (TPSA) is 56.1 Å². The van der Waals surface area contributed by atoms with Crippen LogP contribution >= 0.6 is 0 Å². The fraction of sp³-hybridized carbons (Fsp3) is 0.182. The van der Waals surface area contributed by atoms with Gasteiger partial charge in [-0.15, -0.1) is 6.42 Å². The molecule has 2 heterocycles. The summed E-state index contributed by atoms with van der Waals surface area (Å²) in [5, 5.41) is 3.28. The van der Waals surface area contributed by atoms with Gasteiger partial charge >= 0.3 is 0 Å². The molecule has 0 bridgehead atoms. The molecular formula is C22H19N3O2. The molecule has 1 unspecified atom stereocenters. The van der Waals surface area contributed by atoms with Crippen LogP contribution in [-0.2, 0) is 4.79 Å². The molecule has 5 heteroatoms. The Morgan fingerprint density at radius 3 is 2.70 bits per heavy atom. The van der Waals surface area contributed by atoms with Gasteiger partial charge in [-0.2, -0.15) is 0 Å². The fourth-order valence-corrected chi connectivity index (χ4v) is 3.61. The predicted octanol–water partition coefficient (Wildman–Crippen LogP) is 3.93. The highest BCUT2D eigenvalue weighted by atomic mass is 16.5. The van der Waals surface area contributed by atoms with Crippen molar-refractivity contribution in [3.63, 3.8) is 0 Å². The number of hydrogen-bond acceptors (Lipinski definition) is 4. The van der Waals surface area contributed by atoms with Crippen LogP contribution in [0, 0.1) is 12.3 Å². The van der Waals surface area contributed by atoms with Crippen LogP contribution in [0.4, 0.5) is 5.95 Å². The van der Waals surface area contributed by atoms with Crippen LogP contribution in [0.1, 0.15) is 25.5 Å². The summed E-state index contributed by atoms with van der Waals surface area (Å²) in [7, 11) is 0. The summed E-state index contributed by atoms with van der Waals surface area (Å²) in [4.78, 5) is 17.2. The number of carbonyl (C=O) groups excluding carboxylic acids is 1. The number of anilines is 1. The number of nitrogens with one attached hydrogen (secondary N) is 1. The number of carbonyl (C=O) groups is 1. The standard InChI is InChI=1S/C22H19N3O2/c1-4-13-27-17-11-9-16(10-12-17)21-20(15(3)26)14(2)23-22-24-18-7-5-6-8-19(18)25(21)22/h1,5-12,21H,13H2,2-3H3,(H,23,24). The number of terminal acetylenes is 1. The molecule has 1 aliphatic rings. The Kier molecular flexibility index (Phi) is 4.17. The van der Waals surface area contributed by atoms with Gasteiger partial charge in [-0.05, 0) is 43.7 Å². The minimum atomic E-state index is -0.257. The number of rotatable bonds is 4. The van der Waals surface area contributed by atoms with E-state index in [4.69, 9.17) is 16.1 Å². The first kappa shape index (κ1) is 16.9. The van der Waals surface area contributed by atoms with Crippen LogP contribution in [0.5, 0.6) is 5.75 Å². The first-order valence-corrected chi connectivity index (χ1v) is 8.72. The summed E-state index contributed by atoms with van der Waals surface area (Å²) in [6, 6.07) is 15.4. The quantitative estimate of drug-likeness (QED) is 0.719. The molecular weight excluding hydrogens is 338 g/mol. The number of Topliss-reactive ketones (excluding diaryl/α,β-unsaturated/α-hetero) is 1. The molecule has 0 saturated heterocycles. The van der Waals surface area contributed by atoms with Crippen molar-refractivity contribution in [1.29, 1.82) is 0 Å². The summed E-state index contributed by atoms with van der Waals surface area (Å²) >= 11 is 0. The maximum Gasteiger partial charge on any atom is 0.209 e. The lowest BCUT2D eigenvalue weighted by Gasteiger charge is -2.30. The van der Waals surface area contributed by atoms with E-state index in [2.05, 4.69) is 15.8 Å². The fourth-order valence-electron chi connectivity index (χ4n) is 3.61. The smallest absolute Gasteiger partial charge is 0.209 e. The molecule has 134 valence electrons. The number of imidazole rings is 1. The minimum absolute atomic E-state index is 0.0288. The van der Waals surface area contributed by atoms with Crippen molar-refractivity contribution in [2.24, 2.45) is 0 Å². The van der Waals surface area contributed by atoms with Gasteiger partial charge in [-0.3, -0.25) is 9.36 Å². The third kappa shape index (κ3) is 2.85. The summed E-state index contributed by atoms with van der Waals surface area (Å²) in [6.45, 7) is 3.74. The average Bonchev–Trinajstić information content (AvgIpc) is 3.03. The van der Waals surface area contributed by atoms with E-state index in [1.54, 1.807) is 6.92 Å². The molecule has 4 rings (SSSR count). The number of para-hydroxylation sites is 2. The number of fused-ring (bicyclic) bond motifs is 3. The molecule has 0 amide bonds. The second-order valence-corrected chi connectivity index (χ2v) is 6.48. The average molecular weight is 357 g/mol. The summed E-state index contributed by atoms with van der Waals surface area (Å²) in [5.74, 6) is 3.92. The Balaban J connectivity index is 1.88. The van der Waals surface area contributed by atoms with Gasteiger partial charge in [0.25, 0.3) is 0 Å². The van der Waals surface area contributed by atoms with Crippen LogP contribution in [-0.4, -0.2) is 21.9 Å². The van der Waals surface area contributed by atoms with Gasteiger partial charge in [0.05, 0.1) is 17.1 Å². The molecule has 1 aromatic heterocycles. The van der Waals surface area contributed by atoms with Crippen molar-refractivity contribution in [2.45, 2.75) is 19.9 Å². The molecule has 1 N–H and O–H groups in total. The van der Waals surface area contributed by atoms with Gasteiger partial charge in [0.15, 0.2) is 5.78 Å². The lowest BCUT2D eigenvalue weighted by Crippen LogP contribution is -2.26. The zero-order valence-corrected chi connectivity index (χ0v) is 15.2. The highest BCUT2D eigenvalue weighted by Crippen LogP contribution is 2.39. The largest absolute Gasteiger partial charge is 0.481 e. The predicted molar refractivity (Wildman–Crippen MR) is 106 cm³/mol. The highest BCUT2D eigenvalue weighted by molar-refractivity contribution is 5.97. The van der Waals surface area contributed by atoms with Crippen molar-refractivity contribution in [1.82, 2.24) is 9.55 Å². The summed E-state index contributed by atoms with van der Waals surface area (Å²) in [5.41, 5.74) is 4.39. The molecule has 0 fully saturated rings. The number of ether oxygens (including phenoxy) is 1. The summed E-state index contributed by atoms with van der Waals surface area (Å²) in [6.07, 6.45) is 5.25. The Morgan fingerprint density at radius 2 is 2.00 bits per heavy atom. The number of ketones is 1. The molecule has 1 aliphatic heterocycles. The molecule has 5 nitrogen and oxygen atoms in total. The van der Waals surface area contributed by atoms with Gasteiger partial charge in [0.1, 0.15) is 12.4 Å². The first-order chi connectivity index (χ1) is 13.1. The van der Waals surface area contributed by atoms with E-state index < -0.39 is 0 Å². The lowest BCUT2D eigenvalue weighted by molar-refractivity contribution is -0.114. The van der Waals surface area contributed by atoms with Gasteiger partial charge < -0.3 is 10.1 Å². The van der Waals surface area contributed by atoms with Crippen molar-refractivity contribution in [2.75, 3.05) is 11.9 Å². The summed E-state index contributed by atoms with van der Waals surface area (Å²) < 4.78 is 7.55. The zero-order chi connectivity index (χ0) is 19.0. The van der Waals surface area contributed by atoms with Crippen LogP contribution in [0.3, 0.4) is 0 Å². The lowest BCUT2D eigenvalue weighted by atomic mass is 9.92. The maximum absolute atomic E-state index is 12.5. The van der Waals surface area contributed by atoms with Crippen molar-refractivity contribution >= 4 is 22.8 Å². The molecule has 1 atom stereocenters. The molecule has 0 aliphatic carbocycles. The van der Waals surface area contributed by atoms with E-state index in [9.17, 15) is 4.79 Å². The van der Waals surface area contributed by atoms with E-state index in [0.717, 1.165) is 33.8 Å². The van der Waals surface area contributed by atoms with Crippen LogP contribution in [0.25, 0.3) is 11.0 Å². The second kappa shape index (κ2) is 6.65. The Bertz CT molecular complexity index is 1100. The van der Waals surface area contributed by atoms with Gasteiger partial charge in [0.2, 0.25) is 5.95 Å². The van der Waals surface area contributed by atoms with Crippen molar-refractivity contribution < 1.29 is 9.53 Å².